The second-order valence-electron chi connectivity index (χ2n) is 3.59. The molecule has 2 N–H and O–H groups in total. The number of anilines is 1. The zero-order valence-electron chi connectivity index (χ0n) is 8.99. The van der Waals surface area contributed by atoms with E-state index in [0.717, 1.165) is 6.26 Å². The highest BCUT2D eigenvalue weighted by Crippen LogP contribution is 2.18. The molecule has 0 unspecified atom stereocenters. The molecule has 0 bridgehead atoms. The zero-order valence-corrected chi connectivity index (χ0v) is 9.81. The van der Waals surface area contributed by atoms with Crippen LogP contribution in [-0.4, -0.2) is 29.8 Å². The first-order valence-corrected chi connectivity index (χ1v) is 6.71. The second-order valence-corrected chi connectivity index (χ2v) is 5.73. The average Bonchev–Trinajstić information content (AvgIpc) is 2.63. The van der Waals surface area contributed by atoms with E-state index in [0.29, 0.717) is 11.3 Å². The number of nitrogens with zero attached hydrogens (tertiary/aromatic N) is 3. The smallest absolute Gasteiger partial charge is 0.259 e. The first-order chi connectivity index (χ1) is 7.94. The fourth-order valence-electron chi connectivity index (χ4n) is 1.24. The van der Waals surface area contributed by atoms with Crippen LogP contribution in [0.5, 0.6) is 0 Å². The van der Waals surface area contributed by atoms with E-state index in [2.05, 4.69) is 15.1 Å². The third kappa shape index (κ3) is 3.00. The summed E-state index contributed by atoms with van der Waals surface area (Å²) >= 11 is 0. The van der Waals surface area contributed by atoms with E-state index in [4.69, 9.17) is 10.3 Å². The Morgan fingerprint density at radius 3 is 2.82 bits per heavy atom. The predicted octanol–water partition coefficient (Wildman–Crippen LogP) is 0.258. The van der Waals surface area contributed by atoms with E-state index in [9.17, 15) is 8.42 Å². The van der Waals surface area contributed by atoms with Crippen LogP contribution in [0.4, 0.5) is 5.69 Å². The number of nitrogens with two attached hydrogens (primary N) is 1. The number of sulfone groups is 1. The van der Waals surface area contributed by atoms with Gasteiger partial charge in [0, 0.05) is 18.6 Å². The van der Waals surface area contributed by atoms with Gasteiger partial charge >= 0.3 is 0 Å². The van der Waals surface area contributed by atoms with Crippen LogP contribution in [0.1, 0.15) is 5.82 Å². The van der Waals surface area contributed by atoms with Crippen LogP contribution in [0.15, 0.2) is 23.0 Å². The second kappa shape index (κ2) is 4.13. The van der Waals surface area contributed by atoms with Crippen LogP contribution in [0.2, 0.25) is 0 Å². The summed E-state index contributed by atoms with van der Waals surface area (Å²) in [5, 5.41) is 3.57. The largest absolute Gasteiger partial charge is 0.397 e. The van der Waals surface area contributed by atoms with E-state index in [1.807, 2.05) is 0 Å². The van der Waals surface area contributed by atoms with Gasteiger partial charge in [-0.25, -0.2) is 8.42 Å². The van der Waals surface area contributed by atoms with Crippen molar-refractivity contribution in [2.45, 2.75) is 5.75 Å². The Morgan fingerprint density at radius 2 is 2.18 bits per heavy atom. The minimum Gasteiger partial charge on any atom is -0.397 e. The molecule has 17 heavy (non-hydrogen) atoms. The van der Waals surface area contributed by atoms with Crippen molar-refractivity contribution in [1.29, 1.82) is 0 Å². The fraction of sp³-hybridized carbons (Fsp3) is 0.222. The summed E-state index contributed by atoms with van der Waals surface area (Å²) in [6.07, 6.45) is 4.09. The molecular weight excluding hydrogens is 244 g/mol. The standard InChI is InChI=1S/C9H10N4O3S/c1-17(14,15)5-8-12-9(16-13-8)6-2-7(10)4-11-3-6/h2-4H,5,10H2,1H3. The normalized spacial score (nSPS) is 11.6. The van der Waals surface area contributed by atoms with Gasteiger partial charge in [0.05, 0.1) is 11.3 Å². The Labute approximate surface area is 97.6 Å². The molecular formula is C9H10N4O3S. The first kappa shape index (κ1) is 11.5. The highest BCUT2D eigenvalue weighted by atomic mass is 32.2. The van der Waals surface area contributed by atoms with Crippen LogP contribution in [0.25, 0.3) is 11.5 Å². The molecule has 8 heteroatoms. The van der Waals surface area contributed by atoms with Crippen molar-refractivity contribution < 1.29 is 12.9 Å². The van der Waals surface area contributed by atoms with Gasteiger partial charge in [-0.2, -0.15) is 4.98 Å². The molecule has 0 fully saturated rings. The van der Waals surface area contributed by atoms with Crippen molar-refractivity contribution in [3.05, 3.63) is 24.3 Å². The third-order valence-electron chi connectivity index (χ3n) is 1.87. The van der Waals surface area contributed by atoms with Gasteiger partial charge in [-0.05, 0) is 6.07 Å². The molecule has 7 nitrogen and oxygen atoms in total. The summed E-state index contributed by atoms with van der Waals surface area (Å²) in [4.78, 5) is 7.83. The van der Waals surface area contributed by atoms with Gasteiger partial charge in [0.25, 0.3) is 5.89 Å². The summed E-state index contributed by atoms with van der Waals surface area (Å²) in [6, 6.07) is 1.62. The molecule has 2 rings (SSSR count). The molecule has 0 atom stereocenters. The minimum atomic E-state index is -3.18. The van der Waals surface area contributed by atoms with Crippen molar-refractivity contribution in [2.75, 3.05) is 12.0 Å². The quantitative estimate of drug-likeness (QED) is 0.835. The molecule has 0 saturated carbocycles. The van der Waals surface area contributed by atoms with Crippen molar-refractivity contribution in [3.63, 3.8) is 0 Å². The molecule has 90 valence electrons. The number of hydrogen-bond donors (Lipinski definition) is 1. The molecule has 0 amide bonds. The monoisotopic (exact) mass is 254 g/mol. The van der Waals surface area contributed by atoms with Crippen molar-refractivity contribution in [1.82, 2.24) is 15.1 Å². The SMILES string of the molecule is CS(=O)(=O)Cc1noc(-c2cncc(N)c2)n1. The zero-order chi connectivity index (χ0) is 12.5. The van der Waals surface area contributed by atoms with Gasteiger partial charge in [0.1, 0.15) is 5.75 Å². The molecule has 0 aliphatic carbocycles. The van der Waals surface area contributed by atoms with Gasteiger partial charge in [0.2, 0.25) is 0 Å². The lowest BCUT2D eigenvalue weighted by Crippen LogP contribution is -2.02. The first-order valence-electron chi connectivity index (χ1n) is 4.65. The fourth-order valence-corrected chi connectivity index (χ4v) is 1.83. The summed E-state index contributed by atoms with van der Waals surface area (Å²) in [6.45, 7) is 0. The molecule has 0 aromatic carbocycles. The lowest BCUT2D eigenvalue weighted by atomic mass is 10.2. The highest BCUT2D eigenvalue weighted by Gasteiger charge is 2.13. The Hall–Kier alpha value is -1.96. The number of aromatic nitrogens is 3. The summed E-state index contributed by atoms with van der Waals surface area (Å²) in [5.74, 6) is 0.0556. The molecule has 0 radical (unpaired) electrons. The third-order valence-corrected chi connectivity index (χ3v) is 2.65. The van der Waals surface area contributed by atoms with Gasteiger partial charge in [-0.15, -0.1) is 0 Å². The van der Waals surface area contributed by atoms with Crippen molar-refractivity contribution in [2.24, 2.45) is 0 Å². The number of hydrogen-bond acceptors (Lipinski definition) is 7. The maximum atomic E-state index is 11.0. The van der Waals surface area contributed by atoms with Crippen LogP contribution in [0.3, 0.4) is 0 Å². The summed E-state index contributed by atoms with van der Waals surface area (Å²) < 4.78 is 27.0. The van der Waals surface area contributed by atoms with Crippen LogP contribution in [0, 0.1) is 0 Å². The van der Waals surface area contributed by atoms with E-state index >= 15 is 0 Å². The van der Waals surface area contributed by atoms with Crippen LogP contribution >= 0.6 is 0 Å². The van der Waals surface area contributed by atoms with Crippen molar-refractivity contribution in [3.8, 4) is 11.5 Å². The molecule has 0 spiro atoms. The molecule has 0 aliphatic rings. The highest BCUT2D eigenvalue weighted by molar-refractivity contribution is 7.89. The van der Waals surface area contributed by atoms with Crippen molar-refractivity contribution >= 4 is 15.5 Å². The maximum Gasteiger partial charge on any atom is 0.259 e. The lowest BCUT2D eigenvalue weighted by Gasteiger charge is -1.94. The number of nitrogen functional groups attached to an aromatic ring is 1. The Bertz CT molecular complexity index is 635. The lowest BCUT2D eigenvalue weighted by molar-refractivity contribution is 0.424. The summed E-state index contributed by atoms with van der Waals surface area (Å²) in [5.41, 5.74) is 6.57. The predicted molar refractivity (Wildman–Crippen MR) is 60.5 cm³/mol. The Kier molecular flexibility index (Phi) is 2.80. The Morgan fingerprint density at radius 1 is 1.41 bits per heavy atom. The van der Waals surface area contributed by atoms with E-state index in [-0.39, 0.29) is 17.5 Å². The van der Waals surface area contributed by atoms with Gasteiger partial charge in [-0.1, -0.05) is 5.16 Å². The summed E-state index contributed by atoms with van der Waals surface area (Å²) in [7, 11) is -3.18. The Balaban J connectivity index is 2.30. The molecule has 2 aromatic rings. The molecule has 2 heterocycles. The van der Waals surface area contributed by atoms with E-state index in [1.165, 1.54) is 12.4 Å². The van der Waals surface area contributed by atoms with Crippen LogP contribution < -0.4 is 5.73 Å². The van der Waals surface area contributed by atoms with E-state index in [1.54, 1.807) is 6.07 Å². The van der Waals surface area contributed by atoms with Crippen LogP contribution in [-0.2, 0) is 15.6 Å². The molecule has 0 saturated heterocycles. The van der Waals surface area contributed by atoms with Gasteiger partial charge in [-0.3, -0.25) is 4.98 Å². The molecule has 2 aromatic heterocycles. The number of rotatable bonds is 3. The van der Waals surface area contributed by atoms with Gasteiger partial charge < -0.3 is 10.3 Å². The van der Waals surface area contributed by atoms with E-state index < -0.39 is 9.84 Å². The molecule has 0 aliphatic heterocycles. The van der Waals surface area contributed by atoms with Gasteiger partial charge in [0.15, 0.2) is 15.7 Å². The number of pyridine rings is 1. The minimum absolute atomic E-state index is 0.116. The topological polar surface area (TPSA) is 112 Å². The average molecular weight is 254 g/mol. The maximum absolute atomic E-state index is 11.0.